The molecule has 0 saturated carbocycles. The van der Waals surface area contributed by atoms with Gasteiger partial charge in [0, 0.05) is 10.7 Å². The van der Waals surface area contributed by atoms with Crippen molar-refractivity contribution in [1.29, 1.82) is 0 Å². The maximum Gasteiger partial charge on any atom is 0.260 e. The average Bonchev–Trinajstić information content (AvgIpc) is 3.03. The number of nitrogens with zero attached hydrogens (tertiary/aromatic N) is 1. The number of aromatic nitrogens is 1. The van der Waals surface area contributed by atoms with Crippen LogP contribution >= 0.6 is 35.2 Å². The standard InChI is InChI=1S/C17H16ClN5OS2/c1-10(19-17-21-13-4-2-3-5-14(13)26-17)15(24)22-23-16(25)20-12-8-6-11(18)7-9-12/h2-10H,1H3,(H,19,21)(H,22,24)(H2,20,23,25)/t10-/m0/s1. The van der Waals surface area contributed by atoms with Gasteiger partial charge in [0.25, 0.3) is 5.91 Å². The normalized spacial score (nSPS) is 11.6. The molecule has 0 spiro atoms. The number of hydrogen-bond donors (Lipinski definition) is 4. The number of anilines is 2. The molecule has 3 rings (SSSR count). The summed E-state index contributed by atoms with van der Waals surface area (Å²) in [6, 6.07) is 14.4. The molecule has 6 nitrogen and oxygen atoms in total. The fourth-order valence-corrected chi connectivity index (χ4v) is 3.35. The average molecular weight is 406 g/mol. The summed E-state index contributed by atoms with van der Waals surface area (Å²) in [4.78, 5) is 16.7. The summed E-state index contributed by atoms with van der Waals surface area (Å²) in [5, 5.41) is 7.63. The van der Waals surface area contributed by atoms with E-state index in [0.717, 1.165) is 15.9 Å². The molecule has 1 atom stereocenters. The number of hydrazine groups is 1. The van der Waals surface area contributed by atoms with Gasteiger partial charge in [0.1, 0.15) is 6.04 Å². The van der Waals surface area contributed by atoms with Crippen LogP contribution in [-0.2, 0) is 4.79 Å². The molecule has 9 heteroatoms. The molecule has 0 aliphatic rings. The number of para-hydroxylation sites is 1. The van der Waals surface area contributed by atoms with E-state index in [1.807, 2.05) is 24.3 Å². The Bertz CT molecular complexity index is 895. The Balaban J connectivity index is 1.49. The lowest BCUT2D eigenvalue weighted by Crippen LogP contribution is -2.49. The highest BCUT2D eigenvalue weighted by molar-refractivity contribution is 7.80. The van der Waals surface area contributed by atoms with Crippen molar-refractivity contribution in [2.45, 2.75) is 13.0 Å². The van der Waals surface area contributed by atoms with Crippen LogP contribution in [-0.4, -0.2) is 22.0 Å². The van der Waals surface area contributed by atoms with Crippen LogP contribution in [0.4, 0.5) is 10.8 Å². The third kappa shape index (κ3) is 4.81. The smallest absolute Gasteiger partial charge is 0.260 e. The van der Waals surface area contributed by atoms with Crippen LogP contribution in [0.15, 0.2) is 48.5 Å². The number of hydrogen-bond acceptors (Lipinski definition) is 5. The van der Waals surface area contributed by atoms with E-state index < -0.39 is 6.04 Å². The minimum absolute atomic E-state index is 0.260. The second kappa shape index (κ2) is 8.31. The molecule has 0 unspecified atom stereocenters. The van der Waals surface area contributed by atoms with Gasteiger partial charge in [-0.2, -0.15) is 0 Å². The molecule has 1 aromatic heterocycles. The maximum atomic E-state index is 12.2. The Hall–Kier alpha value is -2.42. The van der Waals surface area contributed by atoms with Gasteiger partial charge in [0.15, 0.2) is 10.2 Å². The van der Waals surface area contributed by atoms with Gasteiger partial charge in [-0.05, 0) is 55.5 Å². The zero-order valence-electron chi connectivity index (χ0n) is 13.7. The Morgan fingerprint density at radius 3 is 2.62 bits per heavy atom. The molecule has 26 heavy (non-hydrogen) atoms. The number of carbonyl (C=O) groups is 1. The van der Waals surface area contributed by atoms with E-state index in [1.165, 1.54) is 11.3 Å². The molecular weight excluding hydrogens is 390 g/mol. The molecule has 0 fully saturated rings. The van der Waals surface area contributed by atoms with Gasteiger partial charge in [-0.15, -0.1) is 0 Å². The molecule has 0 saturated heterocycles. The Labute approximate surface area is 164 Å². The first-order chi connectivity index (χ1) is 12.5. The van der Waals surface area contributed by atoms with E-state index in [0.29, 0.717) is 10.2 Å². The molecule has 0 aliphatic heterocycles. The summed E-state index contributed by atoms with van der Waals surface area (Å²) in [5.41, 5.74) is 6.90. The molecule has 2 aromatic carbocycles. The van der Waals surface area contributed by atoms with Crippen LogP contribution in [0, 0.1) is 0 Å². The van der Waals surface area contributed by atoms with Gasteiger partial charge >= 0.3 is 0 Å². The molecule has 3 aromatic rings. The number of amides is 1. The van der Waals surface area contributed by atoms with E-state index >= 15 is 0 Å². The SMILES string of the molecule is C[C@H](Nc1nc2ccccc2s1)C(=O)NNC(=S)Nc1ccc(Cl)cc1. The van der Waals surface area contributed by atoms with Crippen molar-refractivity contribution in [1.82, 2.24) is 15.8 Å². The topological polar surface area (TPSA) is 78.1 Å². The maximum absolute atomic E-state index is 12.2. The number of nitrogens with one attached hydrogen (secondary N) is 4. The molecule has 1 heterocycles. The molecule has 0 bridgehead atoms. The number of rotatable bonds is 4. The lowest BCUT2D eigenvalue weighted by Gasteiger charge is -2.15. The molecule has 4 N–H and O–H groups in total. The summed E-state index contributed by atoms with van der Waals surface area (Å²) in [5.74, 6) is -0.260. The second-order valence-corrected chi connectivity index (χ2v) is 7.30. The second-order valence-electron chi connectivity index (χ2n) is 5.43. The number of fused-ring (bicyclic) bond motifs is 1. The van der Waals surface area contributed by atoms with Crippen LogP contribution in [0.3, 0.4) is 0 Å². The third-order valence-corrected chi connectivity index (χ3v) is 4.85. The number of benzene rings is 2. The van der Waals surface area contributed by atoms with Gasteiger partial charge in [-0.3, -0.25) is 15.6 Å². The predicted molar refractivity (Wildman–Crippen MR) is 112 cm³/mol. The van der Waals surface area contributed by atoms with E-state index in [4.69, 9.17) is 23.8 Å². The van der Waals surface area contributed by atoms with Gasteiger partial charge < -0.3 is 10.6 Å². The van der Waals surface area contributed by atoms with Gasteiger partial charge in [-0.1, -0.05) is 35.1 Å². The highest BCUT2D eigenvalue weighted by Crippen LogP contribution is 2.25. The summed E-state index contributed by atoms with van der Waals surface area (Å²) >= 11 is 12.5. The zero-order chi connectivity index (χ0) is 18.5. The van der Waals surface area contributed by atoms with Crippen molar-refractivity contribution < 1.29 is 4.79 Å². The predicted octanol–water partition coefficient (Wildman–Crippen LogP) is 3.77. The minimum Gasteiger partial charge on any atom is -0.350 e. The number of carbonyl (C=O) groups excluding carboxylic acids is 1. The number of thiazole rings is 1. The van der Waals surface area contributed by atoms with Crippen LogP contribution in [0.2, 0.25) is 5.02 Å². The van der Waals surface area contributed by atoms with Gasteiger partial charge in [0.05, 0.1) is 10.2 Å². The van der Waals surface area contributed by atoms with E-state index in [2.05, 4.69) is 26.5 Å². The van der Waals surface area contributed by atoms with Crippen molar-refractivity contribution in [3.05, 3.63) is 53.6 Å². The summed E-state index contributed by atoms with van der Waals surface area (Å²) in [6.45, 7) is 1.75. The van der Waals surface area contributed by atoms with Crippen molar-refractivity contribution in [3.63, 3.8) is 0 Å². The van der Waals surface area contributed by atoms with E-state index in [1.54, 1.807) is 31.2 Å². The van der Waals surface area contributed by atoms with Crippen LogP contribution < -0.4 is 21.5 Å². The fraction of sp³-hybridized carbons (Fsp3) is 0.118. The first-order valence-electron chi connectivity index (χ1n) is 7.76. The molecular formula is C17H16ClN5OS2. The number of thiocarbonyl (C=S) groups is 1. The fourth-order valence-electron chi connectivity index (χ4n) is 2.11. The Kier molecular flexibility index (Phi) is 5.87. The minimum atomic E-state index is -0.485. The molecule has 0 aliphatic carbocycles. The monoisotopic (exact) mass is 405 g/mol. The van der Waals surface area contributed by atoms with Crippen molar-refractivity contribution in [3.8, 4) is 0 Å². The van der Waals surface area contributed by atoms with Gasteiger partial charge in [0.2, 0.25) is 0 Å². The summed E-state index contributed by atoms with van der Waals surface area (Å²) in [6.07, 6.45) is 0. The van der Waals surface area contributed by atoms with Crippen molar-refractivity contribution in [2.75, 3.05) is 10.6 Å². The molecule has 1 amide bonds. The quantitative estimate of drug-likeness (QED) is 0.391. The summed E-state index contributed by atoms with van der Waals surface area (Å²) < 4.78 is 1.06. The van der Waals surface area contributed by atoms with E-state index in [-0.39, 0.29) is 11.0 Å². The van der Waals surface area contributed by atoms with Crippen LogP contribution in [0.1, 0.15) is 6.92 Å². The largest absolute Gasteiger partial charge is 0.350 e. The van der Waals surface area contributed by atoms with Gasteiger partial charge in [-0.25, -0.2) is 4.98 Å². The summed E-state index contributed by atoms with van der Waals surface area (Å²) in [7, 11) is 0. The van der Waals surface area contributed by atoms with E-state index in [9.17, 15) is 4.79 Å². The van der Waals surface area contributed by atoms with Crippen LogP contribution in [0.25, 0.3) is 10.2 Å². The first kappa shape index (κ1) is 18.4. The third-order valence-electron chi connectivity index (χ3n) is 3.43. The van der Waals surface area contributed by atoms with Crippen molar-refractivity contribution >= 4 is 67.2 Å². The lowest BCUT2D eigenvalue weighted by atomic mass is 10.3. The highest BCUT2D eigenvalue weighted by atomic mass is 35.5. The number of halogens is 1. The van der Waals surface area contributed by atoms with Crippen LogP contribution in [0.5, 0.6) is 0 Å². The highest BCUT2D eigenvalue weighted by Gasteiger charge is 2.14. The zero-order valence-corrected chi connectivity index (χ0v) is 16.1. The molecule has 0 radical (unpaired) electrons. The molecule has 134 valence electrons. The lowest BCUT2D eigenvalue weighted by molar-refractivity contribution is -0.122. The first-order valence-corrected chi connectivity index (χ1v) is 9.36. The Morgan fingerprint density at radius 2 is 1.88 bits per heavy atom. The Morgan fingerprint density at radius 1 is 1.15 bits per heavy atom. The van der Waals surface area contributed by atoms with Crippen molar-refractivity contribution in [2.24, 2.45) is 0 Å².